The van der Waals surface area contributed by atoms with Crippen molar-refractivity contribution in [3.8, 4) is 16.8 Å². The fourth-order valence-corrected chi connectivity index (χ4v) is 4.76. The molecule has 0 atom stereocenters. The zero-order chi connectivity index (χ0) is 23.2. The lowest BCUT2D eigenvalue weighted by Crippen LogP contribution is -2.16. The molecule has 0 unspecified atom stereocenters. The maximum Gasteiger partial charge on any atom is 0.341 e. The zero-order valence-corrected chi connectivity index (χ0v) is 19.7. The molecule has 10 heteroatoms. The van der Waals surface area contributed by atoms with Crippen molar-refractivity contribution in [3.63, 3.8) is 0 Å². The van der Waals surface area contributed by atoms with E-state index in [2.05, 4.69) is 20.8 Å². The van der Waals surface area contributed by atoms with Crippen molar-refractivity contribution in [1.82, 2.24) is 20.2 Å². The topological polar surface area (TPSA) is 99.0 Å². The van der Waals surface area contributed by atoms with E-state index < -0.39 is 5.97 Å². The van der Waals surface area contributed by atoms with Crippen LogP contribution in [-0.2, 0) is 9.53 Å². The van der Waals surface area contributed by atoms with Crippen LogP contribution in [0.4, 0.5) is 5.00 Å². The van der Waals surface area contributed by atoms with Gasteiger partial charge >= 0.3 is 5.97 Å². The van der Waals surface area contributed by atoms with E-state index in [0.717, 1.165) is 22.4 Å². The Morgan fingerprint density at radius 2 is 1.88 bits per heavy atom. The monoisotopic (exact) mass is 479 g/mol. The number of anilines is 1. The SMILES string of the molecule is CCOC(=O)c1c(-c2ccccc2)csc1NC(=O)CSc1nnnn1-c1ccc(C)cc1. The Balaban J connectivity index is 1.49. The third-order valence-corrected chi connectivity index (χ3v) is 6.47. The Bertz CT molecular complexity index is 1250. The molecule has 2 heterocycles. The normalized spacial score (nSPS) is 10.7. The van der Waals surface area contributed by atoms with Gasteiger partial charge in [-0.05, 0) is 42.0 Å². The van der Waals surface area contributed by atoms with Crippen LogP contribution in [0.2, 0.25) is 0 Å². The lowest BCUT2D eigenvalue weighted by molar-refractivity contribution is -0.113. The third-order valence-electron chi connectivity index (χ3n) is 4.66. The molecule has 0 aliphatic rings. The van der Waals surface area contributed by atoms with Crippen LogP contribution >= 0.6 is 23.1 Å². The van der Waals surface area contributed by atoms with E-state index in [4.69, 9.17) is 4.74 Å². The largest absolute Gasteiger partial charge is 0.462 e. The van der Waals surface area contributed by atoms with Gasteiger partial charge in [-0.1, -0.05) is 59.8 Å². The quantitative estimate of drug-likeness (QED) is 0.291. The van der Waals surface area contributed by atoms with E-state index in [9.17, 15) is 9.59 Å². The van der Waals surface area contributed by atoms with Crippen LogP contribution in [0, 0.1) is 6.92 Å². The molecule has 0 aliphatic carbocycles. The number of ether oxygens (including phenoxy) is 1. The molecule has 0 bridgehead atoms. The molecule has 33 heavy (non-hydrogen) atoms. The summed E-state index contributed by atoms with van der Waals surface area (Å²) in [5.41, 5.74) is 3.90. The minimum atomic E-state index is -0.469. The highest BCUT2D eigenvalue weighted by Crippen LogP contribution is 2.36. The van der Waals surface area contributed by atoms with Crippen LogP contribution in [0.1, 0.15) is 22.8 Å². The van der Waals surface area contributed by atoms with Crippen molar-refractivity contribution in [2.24, 2.45) is 0 Å². The van der Waals surface area contributed by atoms with Crippen molar-refractivity contribution in [2.45, 2.75) is 19.0 Å². The molecule has 168 valence electrons. The highest BCUT2D eigenvalue weighted by Gasteiger charge is 2.23. The number of hydrogen-bond acceptors (Lipinski definition) is 8. The highest BCUT2D eigenvalue weighted by molar-refractivity contribution is 7.99. The summed E-state index contributed by atoms with van der Waals surface area (Å²) in [6.07, 6.45) is 0. The second-order valence-electron chi connectivity index (χ2n) is 6.99. The molecular formula is C23H21N5O3S2. The number of aromatic nitrogens is 4. The molecule has 2 aromatic heterocycles. The number of esters is 1. The van der Waals surface area contributed by atoms with E-state index in [0.29, 0.717) is 15.7 Å². The lowest BCUT2D eigenvalue weighted by Gasteiger charge is -2.09. The third kappa shape index (κ3) is 5.29. The minimum absolute atomic E-state index is 0.0765. The van der Waals surface area contributed by atoms with Crippen molar-refractivity contribution in [2.75, 3.05) is 17.7 Å². The molecule has 1 N–H and O–H groups in total. The minimum Gasteiger partial charge on any atom is -0.462 e. The summed E-state index contributed by atoms with van der Waals surface area (Å²) < 4.78 is 6.83. The first-order valence-corrected chi connectivity index (χ1v) is 12.1. The molecule has 4 rings (SSSR count). The van der Waals surface area contributed by atoms with Gasteiger partial charge in [0.05, 0.1) is 18.0 Å². The van der Waals surface area contributed by atoms with Gasteiger partial charge in [-0.15, -0.1) is 16.4 Å². The molecule has 0 saturated heterocycles. The van der Waals surface area contributed by atoms with E-state index in [-0.39, 0.29) is 18.3 Å². The summed E-state index contributed by atoms with van der Waals surface area (Å²) in [5.74, 6) is -0.665. The van der Waals surface area contributed by atoms with E-state index in [1.54, 1.807) is 11.6 Å². The molecule has 1 amide bonds. The van der Waals surface area contributed by atoms with Crippen LogP contribution in [0.5, 0.6) is 0 Å². The fraction of sp³-hybridized carbons (Fsp3) is 0.174. The van der Waals surface area contributed by atoms with Gasteiger partial charge in [-0.25, -0.2) is 4.79 Å². The van der Waals surface area contributed by atoms with Crippen molar-refractivity contribution in [1.29, 1.82) is 0 Å². The fourth-order valence-electron chi connectivity index (χ4n) is 3.10. The van der Waals surface area contributed by atoms with E-state index >= 15 is 0 Å². The Hall–Kier alpha value is -3.50. The summed E-state index contributed by atoms with van der Waals surface area (Å²) in [6, 6.07) is 17.3. The number of rotatable bonds is 8. The maximum atomic E-state index is 12.7. The molecule has 8 nitrogen and oxygen atoms in total. The Kier molecular flexibility index (Phi) is 7.16. The zero-order valence-electron chi connectivity index (χ0n) is 18.0. The first kappa shape index (κ1) is 22.7. The molecule has 0 aliphatic heterocycles. The summed E-state index contributed by atoms with van der Waals surface area (Å²) >= 11 is 2.50. The van der Waals surface area contributed by atoms with Crippen molar-refractivity contribution < 1.29 is 14.3 Å². The molecule has 0 saturated carbocycles. The van der Waals surface area contributed by atoms with Gasteiger partial charge in [0.1, 0.15) is 10.6 Å². The predicted octanol–water partition coefficient (Wildman–Crippen LogP) is 4.61. The van der Waals surface area contributed by atoms with Gasteiger partial charge in [-0.3, -0.25) is 4.79 Å². The number of thioether (sulfide) groups is 1. The van der Waals surface area contributed by atoms with E-state index in [1.807, 2.05) is 66.9 Å². The van der Waals surface area contributed by atoms with Gasteiger partial charge in [0.15, 0.2) is 0 Å². The molecule has 2 aromatic carbocycles. The molecule has 4 aromatic rings. The highest BCUT2D eigenvalue weighted by atomic mass is 32.2. The summed E-state index contributed by atoms with van der Waals surface area (Å²) in [5, 5.41) is 17.4. The average Bonchev–Trinajstić information content (AvgIpc) is 3.46. The number of hydrogen-bond donors (Lipinski definition) is 1. The first-order chi connectivity index (χ1) is 16.1. The van der Waals surface area contributed by atoms with Crippen molar-refractivity contribution >= 4 is 40.0 Å². The van der Waals surface area contributed by atoms with E-state index in [1.165, 1.54) is 23.1 Å². The van der Waals surface area contributed by atoms with Crippen LogP contribution < -0.4 is 5.32 Å². The Labute approximate surface area is 199 Å². The van der Waals surface area contributed by atoms with Crippen LogP contribution in [0.3, 0.4) is 0 Å². The average molecular weight is 480 g/mol. The van der Waals surface area contributed by atoms with Crippen molar-refractivity contribution in [3.05, 3.63) is 71.1 Å². The summed E-state index contributed by atoms with van der Waals surface area (Å²) in [6.45, 7) is 4.00. The number of carbonyl (C=O) groups excluding carboxylic acids is 2. The number of tetrazole rings is 1. The van der Waals surface area contributed by atoms with Gasteiger partial charge in [0, 0.05) is 10.9 Å². The Morgan fingerprint density at radius 3 is 2.61 bits per heavy atom. The Morgan fingerprint density at radius 1 is 1.12 bits per heavy atom. The number of nitrogens with zero attached hydrogens (tertiary/aromatic N) is 4. The summed E-state index contributed by atoms with van der Waals surface area (Å²) in [4.78, 5) is 25.4. The van der Waals surface area contributed by atoms with Gasteiger partial charge < -0.3 is 10.1 Å². The number of benzene rings is 2. The standard InChI is InChI=1S/C23H21N5O3S2/c1-3-31-22(30)20-18(16-7-5-4-6-8-16)13-32-21(20)24-19(29)14-33-23-25-26-27-28(23)17-11-9-15(2)10-12-17/h4-13H,3,14H2,1-2H3,(H,24,29). The molecule has 0 spiro atoms. The van der Waals surface area contributed by atoms with Crippen LogP contribution in [0.15, 0.2) is 65.1 Å². The molecule has 0 radical (unpaired) electrons. The van der Waals surface area contributed by atoms with Crippen LogP contribution in [-0.4, -0.2) is 44.4 Å². The summed E-state index contributed by atoms with van der Waals surface area (Å²) in [7, 11) is 0. The number of carbonyl (C=O) groups is 2. The smallest absolute Gasteiger partial charge is 0.341 e. The van der Waals surface area contributed by atoms with Crippen LogP contribution in [0.25, 0.3) is 16.8 Å². The van der Waals surface area contributed by atoms with Gasteiger partial charge in [-0.2, -0.15) is 4.68 Å². The van der Waals surface area contributed by atoms with Gasteiger partial charge in [0.2, 0.25) is 11.1 Å². The molecule has 0 fully saturated rings. The number of aryl methyl sites for hydroxylation is 1. The predicted molar refractivity (Wildman–Crippen MR) is 129 cm³/mol. The first-order valence-electron chi connectivity index (χ1n) is 10.2. The second-order valence-corrected chi connectivity index (χ2v) is 8.81. The number of nitrogens with one attached hydrogen (secondary N) is 1. The van der Waals surface area contributed by atoms with Gasteiger partial charge in [0.25, 0.3) is 0 Å². The molecular weight excluding hydrogens is 458 g/mol. The number of thiophene rings is 1. The maximum absolute atomic E-state index is 12.7. The lowest BCUT2D eigenvalue weighted by atomic mass is 10.0. The second kappa shape index (κ2) is 10.4. The number of amides is 1.